The number of ether oxygens (including phenoxy) is 1. The molecule has 0 N–H and O–H groups in total. The van der Waals surface area contributed by atoms with Gasteiger partial charge in [-0.15, -0.1) is 0 Å². The van der Waals surface area contributed by atoms with Gasteiger partial charge in [0.25, 0.3) is 0 Å². The van der Waals surface area contributed by atoms with Crippen LogP contribution in [0.2, 0.25) is 0 Å². The highest BCUT2D eigenvalue weighted by Gasteiger charge is 2.54. The monoisotopic (exact) mass is 301 g/mol. The Morgan fingerprint density at radius 3 is 2.82 bits per heavy atom. The van der Waals surface area contributed by atoms with Gasteiger partial charge in [-0.25, -0.2) is 4.79 Å². The van der Waals surface area contributed by atoms with E-state index in [1.807, 2.05) is 37.8 Å². The molecule has 0 spiro atoms. The third-order valence-electron chi connectivity index (χ3n) is 4.75. The second kappa shape index (κ2) is 5.11. The number of hydrogen-bond donors (Lipinski definition) is 0. The number of aldehydes is 1. The fraction of sp³-hybridized carbons (Fsp3) is 0.556. The molecule has 2 atom stereocenters. The van der Waals surface area contributed by atoms with Crippen LogP contribution in [0.3, 0.4) is 0 Å². The van der Waals surface area contributed by atoms with Crippen molar-refractivity contribution in [1.82, 2.24) is 4.90 Å². The predicted octanol–water partition coefficient (Wildman–Crippen LogP) is 3.50. The van der Waals surface area contributed by atoms with Crippen LogP contribution in [0.5, 0.6) is 0 Å². The molecule has 1 fully saturated rings. The van der Waals surface area contributed by atoms with Crippen molar-refractivity contribution in [1.29, 1.82) is 0 Å². The van der Waals surface area contributed by atoms with Crippen LogP contribution in [0.1, 0.15) is 50.8 Å². The minimum Gasteiger partial charge on any atom is -0.444 e. The Hall–Kier alpha value is -1.84. The van der Waals surface area contributed by atoms with E-state index < -0.39 is 5.60 Å². The fourth-order valence-electron chi connectivity index (χ4n) is 3.93. The third kappa shape index (κ3) is 2.40. The zero-order valence-corrected chi connectivity index (χ0v) is 13.5. The zero-order valence-electron chi connectivity index (χ0n) is 13.5. The van der Waals surface area contributed by atoms with E-state index in [4.69, 9.17) is 4.74 Å². The molecule has 1 saturated heterocycles. The fourth-order valence-corrected chi connectivity index (χ4v) is 3.93. The number of benzene rings is 1. The highest BCUT2D eigenvalue weighted by atomic mass is 16.6. The second-order valence-corrected chi connectivity index (χ2v) is 7.44. The van der Waals surface area contributed by atoms with E-state index in [1.54, 1.807) is 0 Å². The Bertz CT molecular complexity index is 605. The van der Waals surface area contributed by atoms with E-state index in [0.717, 1.165) is 19.1 Å². The SMILES string of the molecule is CC(C)(C)OC(=O)N1CC[C@@]2(CC=O)Cc3ccccc3[C@@H]12. The van der Waals surface area contributed by atoms with Gasteiger partial charge in [0, 0.05) is 18.4 Å². The number of hydrogen-bond acceptors (Lipinski definition) is 3. The van der Waals surface area contributed by atoms with Gasteiger partial charge in [0.1, 0.15) is 11.9 Å². The van der Waals surface area contributed by atoms with Crippen LogP contribution >= 0.6 is 0 Å². The molecule has 4 nitrogen and oxygen atoms in total. The van der Waals surface area contributed by atoms with Crippen molar-refractivity contribution in [3.63, 3.8) is 0 Å². The van der Waals surface area contributed by atoms with Gasteiger partial charge >= 0.3 is 6.09 Å². The van der Waals surface area contributed by atoms with Gasteiger partial charge in [0.05, 0.1) is 6.04 Å². The molecule has 4 heteroatoms. The molecular formula is C18H23NO3. The normalized spacial score (nSPS) is 26.5. The molecule has 1 aromatic carbocycles. The van der Waals surface area contributed by atoms with Gasteiger partial charge < -0.3 is 14.4 Å². The van der Waals surface area contributed by atoms with Gasteiger partial charge in [-0.1, -0.05) is 24.3 Å². The quantitative estimate of drug-likeness (QED) is 0.785. The highest BCUT2D eigenvalue weighted by Crippen LogP contribution is 2.57. The van der Waals surface area contributed by atoms with Gasteiger partial charge in [0.2, 0.25) is 0 Å². The third-order valence-corrected chi connectivity index (χ3v) is 4.75. The predicted molar refractivity (Wildman–Crippen MR) is 83.6 cm³/mol. The van der Waals surface area contributed by atoms with Crippen LogP contribution < -0.4 is 0 Å². The summed E-state index contributed by atoms with van der Waals surface area (Å²) in [5, 5.41) is 0. The maximum absolute atomic E-state index is 12.6. The van der Waals surface area contributed by atoms with Gasteiger partial charge in [-0.05, 0) is 44.7 Å². The van der Waals surface area contributed by atoms with Crippen LogP contribution in [0.4, 0.5) is 4.79 Å². The largest absolute Gasteiger partial charge is 0.444 e. The Labute approximate surface area is 131 Å². The van der Waals surface area contributed by atoms with Crippen molar-refractivity contribution in [3.8, 4) is 0 Å². The molecule has 1 amide bonds. The van der Waals surface area contributed by atoms with Crippen molar-refractivity contribution < 1.29 is 14.3 Å². The number of carbonyl (C=O) groups is 2. The average molecular weight is 301 g/mol. The number of rotatable bonds is 2. The van der Waals surface area contributed by atoms with Gasteiger partial charge in [-0.2, -0.15) is 0 Å². The van der Waals surface area contributed by atoms with Crippen LogP contribution in [0, 0.1) is 5.41 Å². The lowest BCUT2D eigenvalue weighted by Gasteiger charge is -2.33. The molecular weight excluding hydrogens is 278 g/mol. The standard InChI is InChI=1S/C18H23NO3/c1-17(2,3)22-16(21)19-10-8-18(9-11-20)12-13-6-4-5-7-14(13)15(18)19/h4-7,11,15H,8-10,12H2,1-3H3/t15-,18-/m1/s1. The summed E-state index contributed by atoms with van der Waals surface area (Å²) in [5.41, 5.74) is 1.77. The van der Waals surface area contributed by atoms with Crippen LogP contribution in [0.25, 0.3) is 0 Å². The van der Waals surface area contributed by atoms with E-state index in [1.165, 1.54) is 11.1 Å². The van der Waals surface area contributed by atoms with Crippen LogP contribution in [-0.4, -0.2) is 29.4 Å². The average Bonchev–Trinajstić information content (AvgIpc) is 2.90. The number of fused-ring (bicyclic) bond motifs is 3. The Morgan fingerprint density at radius 2 is 2.14 bits per heavy atom. The maximum atomic E-state index is 12.6. The molecule has 0 aromatic heterocycles. The first kappa shape index (κ1) is 15.1. The van der Waals surface area contributed by atoms with E-state index in [0.29, 0.717) is 13.0 Å². The molecule has 0 saturated carbocycles. The topological polar surface area (TPSA) is 46.6 Å². The first-order valence-electron chi connectivity index (χ1n) is 7.87. The number of likely N-dealkylation sites (tertiary alicyclic amines) is 1. The zero-order chi connectivity index (χ0) is 16.0. The minimum atomic E-state index is -0.509. The summed E-state index contributed by atoms with van der Waals surface area (Å²) >= 11 is 0. The lowest BCUT2D eigenvalue weighted by molar-refractivity contribution is -0.110. The summed E-state index contributed by atoms with van der Waals surface area (Å²) in [5.74, 6) is 0. The number of amides is 1. The van der Waals surface area contributed by atoms with Crippen LogP contribution in [0.15, 0.2) is 24.3 Å². The summed E-state index contributed by atoms with van der Waals surface area (Å²) in [6, 6.07) is 8.17. The summed E-state index contributed by atoms with van der Waals surface area (Å²) < 4.78 is 5.57. The van der Waals surface area contributed by atoms with Crippen LogP contribution in [-0.2, 0) is 16.0 Å². The Kier molecular flexibility index (Phi) is 3.50. The molecule has 3 rings (SSSR count). The van der Waals surface area contributed by atoms with Crippen molar-refractivity contribution in [3.05, 3.63) is 35.4 Å². The second-order valence-electron chi connectivity index (χ2n) is 7.44. The van der Waals surface area contributed by atoms with E-state index in [9.17, 15) is 9.59 Å². The van der Waals surface area contributed by atoms with E-state index in [-0.39, 0.29) is 17.6 Å². The lowest BCUT2D eigenvalue weighted by atomic mass is 9.78. The minimum absolute atomic E-state index is 0.0382. The van der Waals surface area contributed by atoms with Crippen molar-refractivity contribution in [2.24, 2.45) is 5.41 Å². The molecule has 1 aliphatic carbocycles. The molecule has 118 valence electrons. The summed E-state index contributed by atoms with van der Waals surface area (Å²) in [4.78, 5) is 25.6. The summed E-state index contributed by atoms with van der Waals surface area (Å²) in [6.07, 6.45) is 2.93. The Balaban J connectivity index is 1.95. The highest BCUT2D eigenvalue weighted by molar-refractivity contribution is 5.71. The van der Waals surface area contributed by atoms with E-state index in [2.05, 4.69) is 12.1 Å². The molecule has 2 aliphatic rings. The Morgan fingerprint density at radius 1 is 1.41 bits per heavy atom. The number of nitrogens with zero attached hydrogens (tertiary/aromatic N) is 1. The molecule has 1 aromatic rings. The van der Waals surface area contributed by atoms with Gasteiger partial charge in [-0.3, -0.25) is 0 Å². The number of carbonyl (C=O) groups excluding carboxylic acids is 2. The molecule has 0 bridgehead atoms. The first-order chi connectivity index (χ1) is 10.4. The smallest absolute Gasteiger partial charge is 0.410 e. The molecule has 22 heavy (non-hydrogen) atoms. The van der Waals surface area contributed by atoms with Gasteiger partial charge in [0.15, 0.2) is 0 Å². The van der Waals surface area contributed by atoms with Crippen molar-refractivity contribution in [2.45, 2.75) is 51.7 Å². The summed E-state index contributed by atoms with van der Waals surface area (Å²) in [6.45, 7) is 6.29. The molecule has 0 unspecified atom stereocenters. The summed E-state index contributed by atoms with van der Waals surface area (Å²) in [7, 11) is 0. The maximum Gasteiger partial charge on any atom is 0.410 e. The molecule has 0 radical (unpaired) electrons. The van der Waals surface area contributed by atoms with Crippen molar-refractivity contribution >= 4 is 12.4 Å². The lowest BCUT2D eigenvalue weighted by Crippen LogP contribution is -2.38. The molecule has 1 heterocycles. The van der Waals surface area contributed by atoms with E-state index >= 15 is 0 Å². The molecule has 1 aliphatic heterocycles. The first-order valence-corrected chi connectivity index (χ1v) is 7.87. The van der Waals surface area contributed by atoms with Crippen molar-refractivity contribution in [2.75, 3.05) is 6.54 Å².